The monoisotopic (exact) mass is 207 g/mol. The predicted octanol–water partition coefficient (Wildman–Crippen LogP) is 0.574. The van der Waals surface area contributed by atoms with Gasteiger partial charge in [-0.3, -0.25) is 0 Å². The Labute approximate surface area is 85.2 Å². The lowest BCUT2D eigenvalue weighted by atomic mass is 10.4. The Morgan fingerprint density at radius 1 is 1.67 bits per heavy atom. The summed E-state index contributed by atoms with van der Waals surface area (Å²) < 4.78 is 6.53. The van der Waals surface area contributed by atoms with Crippen molar-refractivity contribution in [3.05, 3.63) is 30.0 Å². The van der Waals surface area contributed by atoms with Gasteiger partial charge in [0, 0.05) is 25.7 Å². The number of hydrogen-bond acceptors (Lipinski definition) is 4. The summed E-state index contributed by atoms with van der Waals surface area (Å²) in [5.74, 6) is -1.09. The number of nitrogens with zero attached hydrogens (tertiary/aromatic N) is 3. The van der Waals surface area contributed by atoms with E-state index in [0.717, 1.165) is 0 Å². The minimum absolute atomic E-state index is 0.0557. The van der Waals surface area contributed by atoms with E-state index in [4.69, 9.17) is 9.84 Å². The molecule has 15 heavy (non-hydrogen) atoms. The van der Waals surface area contributed by atoms with Crippen molar-refractivity contribution in [2.45, 2.75) is 6.61 Å². The molecule has 0 bridgehead atoms. The summed E-state index contributed by atoms with van der Waals surface area (Å²) in [4.78, 5) is 18.7. The molecule has 0 aliphatic carbocycles. The summed E-state index contributed by atoms with van der Waals surface area (Å²) in [5.41, 5.74) is 0.949. The Hall–Kier alpha value is -1.95. The quantitative estimate of drug-likeness (QED) is 0.796. The highest BCUT2D eigenvalue weighted by molar-refractivity contribution is 5.91. The van der Waals surface area contributed by atoms with E-state index in [9.17, 15) is 4.79 Å². The van der Waals surface area contributed by atoms with E-state index in [1.165, 1.54) is 6.20 Å². The molecule has 2 aromatic rings. The van der Waals surface area contributed by atoms with E-state index in [-0.39, 0.29) is 5.69 Å². The minimum atomic E-state index is -1.09. The molecule has 2 heterocycles. The molecule has 0 aromatic carbocycles. The molecular formula is C9H9N3O3. The molecule has 6 nitrogen and oxygen atoms in total. The Morgan fingerprint density at radius 2 is 2.47 bits per heavy atom. The van der Waals surface area contributed by atoms with Crippen LogP contribution in [0.2, 0.25) is 0 Å². The Bertz CT molecular complexity index is 506. The number of carboxylic acids is 1. The SMILES string of the molecule is COCc1cn2ccnc(C(=O)O)c2n1. The maximum Gasteiger partial charge on any atom is 0.358 e. The van der Waals surface area contributed by atoms with Crippen molar-refractivity contribution in [2.75, 3.05) is 7.11 Å². The highest BCUT2D eigenvalue weighted by Crippen LogP contribution is 2.09. The van der Waals surface area contributed by atoms with Gasteiger partial charge in [-0.2, -0.15) is 0 Å². The van der Waals surface area contributed by atoms with Crippen LogP contribution in [0.4, 0.5) is 0 Å². The highest BCUT2D eigenvalue weighted by atomic mass is 16.5. The van der Waals surface area contributed by atoms with Crippen molar-refractivity contribution in [1.29, 1.82) is 0 Å². The smallest absolute Gasteiger partial charge is 0.358 e. The van der Waals surface area contributed by atoms with Crippen LogP contribution in [0.25, 0.3) is 5.65 Å². The summed E-state index contributed by atoms with van der Waals surface area (Å²) in [6.45, 7) is 0.348. The molecule has 0 unspecified atom stereocenters. The molecule has 0 amide bonds. The second-order valence-corrected chi connectivity index (χ2v) is 2.98. The first-order chi connectivity index (χ1) is 7.22. The second-order valence-electron chi connectivity index (χ2n) is 2.98. The van der Waals surface area contributed by atoms with Gasteiger partial charge in [-0.05, 0) is 0 Å². The number of rotatable bonds is 3. The first-order valence-electron chi connectivity index (χ1n) is 4.27. The molecule has 0 spiro atoms. The van der Waals surface area contributed by atoms with Gasteiger partial charge in [-0.25, -0.2) is 14.8 Å². The first-order valence-corrected chi connectivity index (χ1v) is 4.27. The number of methoxy groups -OCH3 is 1. The second kappa shape index (κ2) is 3.66. The Morgan fingerprint density at radius 3 is 3.13 bits per heavy atom. The van der Waals surface area contributed by atoms with E-state index in [2.05, 4.69) is 9.97 Å². The average Bonchev–Trinajstić information content (AvgIpc) is 2.59. The number of carbonyl (C=O) groups is 1. The van der Waals surface area contributed by atoms with Crippen LogP contribution in [0, 0.1) is 0 Å². The number of carboxylic acid groups (broad SMARTS) is 1. The van der Waals surface area contributed by atoms with Crippen molar-refractivity contribution in [3.8, 4) is 0 Å². The van der Waals surface area contributed by atoms with Crippen LogP contribution in [0.3, 0.4) is 0 Å². The van der Waals surface area contributed by atoms with Crippen LogP contribution in [0.1, 0.15) is 16.2 Å². The van der Waals surface area contributed by atoms with Gasteiger partial charge in [0.1, 0.15) is 0 Å². The normalized spacial score (nSPS) is 10.7. The molecular weight excluding hydrogens is 198 g/mol. The lowest BCUT2D eigenvalue weighted by Crippen LogP contribution is -2.03. The summed E-state index contributed by atoms with van der Waals surface area (Å²) in [5, 5.41) is 8.87. The van der Waals surface area contributed by atoms with Gasteiger partial charge >= 0.3 is 5.97 Å². The summed E-state index contributed by atoms with van der Waals surface area (Å²) in [6.07, 6.45) is 4.79. The fourth-order valence-electron chi connectivity index (χ4n) is 1.34. The maximum absolute atomic E-state index is 10.8. The van der Waals surface area contributed by atoms with E-state index >= 15 is 0 Å². The molecule has 0 saturated heterocycles. The highest BCUT2D eigenvalue weighted by Gasteiger charge is 2.12. The molecule has 1 N–H and O–H groups in total. The molecule has 0 atom stereocenters. The van der Waals surface area contributed by atoms with Gasteiger partial charge in [0.15, 0.2) is 11.3 Å². The first kappa shape index (κ1) is 9.60. The van der Waals surface area contributed by atoms with Gasteiger partial charge in [-0.1, -0.05) is 0 Å². The molecule has 0 saturated carbocycles. The molecule has 2 aromatic heterocycles. The summed E-state index contributed by atoms with van der Waals surface area (Å²) >= 11 is 0. The minimum Gasteiger partial charge on any atom is -0.476 e. The van der Waals surface area contributed by atoms with E-state index < -0.39 is 5.97 Å². The van der Waals surface area contributed by atoms with Gasteiger partial charge in [0.2, 0.25) is 0 Å². The van der Waals surface area contributed by atoms with Crippen LogP contribution in [-0.2, 0) is 11.3 Å². The van der Waals surface area contributed by atoms with Gasteiger partial charge in [0.05, 0.1) is 12.3 Å². The molecule has 0 aliphatic rings. The molecule has 78 valence electrons. The zero-order valence-corrected chi connectivity index (χ0v) is 8.04. The number of aromatic carboxylic acids is 1. The van der Waals surface area contributed by atoms with Crippen molar-refractivity contribution in [1.82, 2.24) is 14.4 Å². The molecule has 6 heteroatoms. The van der Waals surface area contributed by atoms with Crippen LogP contribution in [0.15, 0.2) is 18.6 Å². The number of hydrogen-bond donors (Lipinski definition) is 1. The molecule has 2 rings (SSSR count). The van der Waals surface area contributed by atoms with Crippen molar-refractivity contribution in [3.63, 3.8) is 0 Å². The fourth-order valence-corrected chi connectivity index (χ4v) is 1.34. The lowest BCUT2D eigenvalue weighted by Gasteiger charge is -1.95. The van der Waals surface area contributed by atoms with Gasteiger partial charge in [0.25, 0.3) is 0 Å². The molecule has 0 aliphatic heterocycles. The van der Waals surface area contributed by atoms with Crippen LogP contribution >= 0.6 is 0 Å². The number of aromatic nitrogens is 3. The lowest BCUT2D eigenvalue weighted by molar-refractivity contribution is 0.0692. The third-order valence-electron chi connectivity index (χ3n) is 1.92. The fraction of sp³-hybridized carbons (Fsp3) is 0.222. The molecule has 0 radical (unpaired) electrons. The summed E-state index contributed by atoms with van der Waals surface area (Å²) in [7, 11) is 1.56. The van der Waals surface area contributed by atoms with Crippen molar-refractivity contribution >= 4 is 11.6 Å². The average molecular weight is 207 g/mol. The zero-order chi connectivity index (χ0) is 10.8. The number of fused-ring (bicyclic) bond motifs is 1. The predicted molar refractivity (Wildman–Crippen MR) is 50.7 cm³/mol. The van der Waals surface area contributed by atoms with E-state index in [1.54, 1.807) is 23.9 Å². The Kier molecular flexibility index (Phi) is 2.34. The van der Waals surface area contributed by atoms with Crippen molar-refractivity contribution < 1.29 is 14.6 Å². The zero-order valence-electron chi connectivity index (χ0n) is 8.04. The van der Waals surface area contributed by atoms with Crippen LogP contribution in [-0.4, -0.2) is 32.6 Å². The largest absolute Gasteiger partial charge is 0.476 e. The third kappa shape index (κ3) is 1.66. The number of imidazole rings is 1. The van der Waals surface area contributed by atoms with Crippen LogP contribution < -0.4 is 0 Å². The van der Waals surface area contributed by atoms with Crippen LogP contribution in [0.5, 0.6) is 0 Å². The van der Waals surface area contributed by atoms with Crippen molar-refractivity contribution in [2.24, 2.45) is 0 Å². The van der Waals surface area contributed by atoms with E-state index in [1.807, 2.05) is 0 Å². The number of ether oxygens (including phenoxy) is 1. The Balaban J connectivity index is 2.59. The molecule has 0 fully saturated rings. The van der Waals surface area contributed by atoms with E-state index in [0.29, 0.717) is 17.9 Å². The van der Waals surface area contributed by atoms with Gasteiger partial charge in [-0.15, -0.1) is 0 Å². The standard InChI is InChI=1S/C9H9N3O3/c1-15-5-6-4-12-3-2-10-7(9(13)14)8(12)11-6/h2-4H,5H2,1H3,(H,13,14). The maximum atomic E-state index is 10.8. The summed E-state index contributed by atoms with van der Waals surface area (Å²) in [6, 6.07) is 0. The van der Waals surface area contributed by atoms with Gasteiger partial charge < -0.3 is 14.2 Å². The topological polar surface area (TPSA) is 76.7 Å². The third-order valence-corrected chi connectivity index (χ3v) is 1.92.